The number of hydrogen-bond donors (Lipinski definition) is 0. The number of carbonyl (C=O) groups excluding carboxylic acids is 2. The summed E-state index contributed by atoms with van der Waals surface area (Å²) >= 11 is 0. The van der Waals surface area contributed by atoms with Gasteiger partial charge >= 0.3 is 0 Å². The molecule has 1 aromatic heterocycles. The number of para-hydroxylation sites is 1. The third-order valence-electron chi connectivity index (χ3n) is 6.50. The largest absolute Gasteiger partial charge is 0.455 e. The van der Waals surface area contributed by atoms with E-state index in [4.69, 9.17) is 9.15 Å². The Labute approximate surface area is 191 Å². The van der Waals surface area contributed by atoms with Crippen LogP contribution in [-0.4, -0.2) is 60.5 Å². The molecule has 2 aliphatic heterocycles. The zero-order valence-electron chi connectivity index (χ0n) is 18.6. The zero-order valence-corrected chi connectivity index (χ0v) is 18.6. The van der Waals surface area contributed by atoms with Gasteiger partial charge in [0.25, 0.3) is 11.8 Å². The summed E-state index contributed by atoms with van der Waals surface area (Å²) in [6, 6.07) is 14.5. The van der Waals surface area contributed by atoms with Gasteiger partial charge in [-0.3, -0.25) is 14.4 Å². The first-order chi connectivity index (χ1) is 16.0. The Kier molecular flexibility index (Phi) is 5.72. The molecule has 0 radical (unpaired) electrons. The van der Waals surface area contributed by atoms with Crippen LogP contribution < -0.4 is 5.43 Å². The van der Waals surface area contributed by atoms with Crippen LogP contribution >= 0.6 is 0 Å². The highest BCUT2D eigenvalue weighted by Crippen LogP contribution is 2.28. The molecule has 170 valence electrons. The first-order valence-electron chi connectivity index (χ1n) is 11.4. The van der Waals surface area contributed by atoms with E-state index in [2.05, 4.69) is 0 Å². The van der Waals surface area contributed by atoms with E-state index in [0.29, 0.717) is 60.6 Å². The Bertz CT molecular complexity index is 1250. The van der Waals surface area contributed by atoms with Gasteiger partial charge in [-0.25, -0.2) is 0 Å². The van der Waals surface area contributed by atoms with E-state index >= 15 is 0 Å². The second kappa shape index (κ2) is 8.83. The fraction of sp³-hybridized carbons (Fsp3) is 0.346. The highest BCUT2D eigenvalue weighted by Gasteiger charge is 2.32. The topological polar surface area (TPSA) is 80.1 Å². The summed E-state index contributed by atoms with van der Waals surface area (Å²) in [6.45, 7) is 4.16. The van der Waals surface area contributed by atoms with Crippen molar-refractivity contribution in [1.82, 2.24) is 9.80 Å². The van der Waals surface area contributed by atoms with Crippen molar-refractivity contribution < 1.29 is 18.7 Å². The van der Waals surface area contributed by atoms with E-state index in [1.165, 1.54) is 0 Å². The van der Waals surface area contributed by atoms with Gasteiger partial charge in [0.1, 0.15) is 11.9 Å². The molecule has 2 aromatic carbocycles. The van der Waals surface area contributed by atoms with Crippen LogP contribution in [0.15, 0.2) is 57.7 Å². The summed E-state index contributed by atoms with van der Waals surface area (Å²) in [5.41, 5.74) is 1.82. The van der Waals surface area contributed by atoms with Gasteiger partial charge in [-0.05, 0) is 31.9 Å². The maximum Gasteiger partial charge on any atom is 0.257 e. The Hall–Kier alpha value is -3.45. The molecule has 33 heavy (non-hydrogen) atoms. The van der Waals surface area contributed by atoms with Crippen molar-refractivity contribution in [2.24, 2.45) is 0 Å². The molecule has 2 aliphatic rings. The highest BCUT2D eigenvalue weighted by molar-refractivity contribution is 6.05. The van der Waals surface area contributed by atoms with Crippen LogP contribution in [0.4, 0.5) is 0 Å². The molecule has 7 nitrogen and oxygen atoms in total. The monoisotopic (exact) mass is 446 g/mol. The maximum absolute atomic E-state index is 13.4. The van der Waals surface area contributed by atoms with Gasteiger partial charge in [-0.15, -0.1) is 0 Å². The number of rotatable bonds is 3. The summed E-state index contributed by atoms with van der Waals surface area (Å²) < 4.78 is 11.7. The lowest BCUT2D eigenvalue weighted by Gasteiger charge is -2.35. The van der Waals surface area contributed by atoms with Crippen molar-refractivity contribution in [3.8, 4) is 11.3 Å². The van der Waals surface area contributed by atoms with E-state index in [-0.39, 0.29) is 23.3 Å². The van der Waals surface area contributed by atoms with Crippen LogP contribution in [0.1, 0.15) is 28.8 Å². The van der Waals surface area contributed by atoms with E-state index in [0.717, 1.165) is 18.4 Å². The Morgan fingerprint density at radius 2 is 1.67 bits per heavy atom. The van der Waals surface area contributed by atoms with Gasteiger partial charge in [0.15, 0.2) is 11.0 Å². The van der Waals surface area contributed by atoms with Gasteiger partial charge in [-0.1, -0.05) is 36.4 Å². The molecular formula is C26H26N2O5. The fourth-order valence-corrected chi connectivity index (χ4v) is 4.62. The molecule has 3 aromatic rings. The maximum atomic E-state index is 13.4. The molecule has 7 heteroatoms. The van der Waals surface area contributed by atoms with E-state index in [1.54, 1.807) is 34.9 Å². The number of carbonyl (C=O) groups is 2. The third-order valence-corrected chi connectivity index (χ3v) is 6.50. The molecule has 2 fully saturated rings. The van der Waals surface area contributed by atoms with Crippen molar-refractivity contribution in [3.05, 3.63) is 69.9 Å². The van der Waals surface area contributed by atoms with Crippen LogP contribution in [0, 0.1) is 6.92 Å². The molecule has 0 N–H and O–H groups in total. The van der Waals surface area contributed by atoms with Crippen molar-refractivity contribution in [2.45, 2.75) is 25.9 Å². The third kappa shape index (κ3) is 3.93. The lowest BCUT2D eigenvalue weighted by atomic mass is 10.0. The number of fused-ring (bicyclic) bond motifs is 1. The molecule has 0 aliphatic carbocycles. The number of benzene rings is 2. The average molecular weight is 447 g/mol. The number of piperazine rings is 1. The van der Waals surface area contributed by atoms with Crippen LogP contribution in [0.2, 0.25) is 0 Å². The lowest BCUT2D eigenvalue weighted by molar-refractivity contribution is -0.142. The van der Waals surface area contributed by atoms with Crippen molar-refractivity contribution in [3.63, 3.8) is 0 Å². The minimum Gasteiger partial charge on any atom is -0.455 e. The van der Waals surface area contributed by atoms with Crippen LogP contribution in [0.3, 0.4) is 0 Å². The molecule has 2 saturated heterocycles. The summed E-state index contributed by atoms with van der Waals surface area (Å²) in [5.74, 6) is 0.287. The van der Waals surface area contributed by atoms with Crippen molar-refractivity contribution >= 4 is 22.8 Å². The molecule has 1 atom stereocenters. The summed E-state index contributed by atoms with van der Waals surface area (Å²) in [6.07, 6.45) is 1.32. The molecule has 1 unspecified atom stereocenters. The molecule has 0 bridgehead atoms. The van der Waals surface area contributed by atoms with E-state index in [9.17, 15) is 14.4 Å². The van der Waals surface area contributed by atoms with E-state index in [1.807, 2.05) is 30.3 Å². The van der Waals surface area contributed by atoms with Crippen LogP contribution in [0.5, 0.6) is 0 Å². The molecule has 5 rings (SSSR count). The van der Waals surface area contributed by atoms with Crippen LogP contribution in [-0.2, 0) is 9.53 Å². The van der Waals surface area contributed by atoms with Gasteiger partial charge < -0.3 is 19.0 Å². The number of hydrogen-bond acceptors (Lipinski definition) is 5. The highest BCUT2D eigenvalue weighted by atomic mass is 16.5. The average Bonchev–Trinajstić information content (AvgIpc) is 3.41. The minimum absolute atomic E-state index is 0.0127. The number of ether oxygens (including phenoxy) is 1. The second-order valence-electron chi connectivity index (χ2n) is 8.55. The van der Waals surface area contributed by atoms with Gasteiger partial charge in [0.05, 0.1) is 10.9 Å². The molecule has 3 heterocycles. The Balaban J connectivity index is 1.43. The second-order valence-corrected chi connectivity index (χ2v) is 8.55. The zero-order chi connectivity index (χ0) is 22.9. The first kappa shape index (κ1) is 21.4. The first-order valence-corrected chi connectivity index (χ1v) is 11.4. The predicted octanol–water partition coefficient (Wildman–Crippen LogP) is 3.23. The molecule has 2 amide bonds. The quantitative estimate of drug-likeness (QED) is 0.617. The fourth-order valence-electron chi connectivity index (χ4n) is 4.62. The normalized spacial score (nSPS) is 18.6. The SMILES string of the molecule is Cc1c(-c2ccccc2)oc2c(C(=O)N3CCN(C(=O)C4CCCO4)CC3)cccc2c1=O. The molecule has 0 spiro atoms. The minimum atomic E-state index is -0.348. The smallest absolute Gasteiger partial charge is 0.257 e. The van der Waals surface area contributed by atoms with Gasteiger partial charge in [-0.2, -0.15) is 0 Å². The lowest BCUT2D eigenvalue weighted by Crippen LogP contribution is -2.52. The van der Waals surface area contributed by atoms with Crippen LogP contribution in [0.25, 0.3) is 22.3 Å². The molecule has 0 saturated carbocycles. The Morgan fingerprint density at radius 1 is 0.939 bits per heavy atom. The standard InChI is InChI=1S/C26H26N2O5/c1-17-22(29)19-9-5-10-20(24(19)33-23(17)18-7-3-2-4-8-18)25(30)27-12-14-28(15-13-27)26(31)21-11-6-16-32-21/h2-5,7-10,21H,6,11-16H2,1H3. The van der Waals surface area contributed by atoms with E-state index < -0.39 is 0 Å². The van der Waals surface area contributed by atoms with Gasteiger partial charge in [0, 0.05) is 43.9 Å². The number of amides is 2. The van der Waals surface area contributed by atoms with Crippen molar-refractivity contribution in [2.75, 3.05) is 32.8 Å². The summed E-state index contributed by atoms with van der Waals surface area (Å²) in [5, 5.41) is 0.394. The molecular weight excluding hydrogens is 420 g/mol. The summed E-state index contributed by atoms with van der Waals surface area (Å²) in [7, 11) is 0. The van der Waals surface area contributed by atoms with Crippen molar-refractivity contribution in [1.29, 1.82) is 0 Å². The summed E-state index contributed by atoms with van der Waals surface area (Å²) in [4.78, 5) is 42.6. The van der Waals surface area contributed by atoms with Gasteiger partial charge in [0.2, 0.25) is 0 Å². The number of nitrogens with zero attached hydrogens (tertiary/aromatic N) is 2. The predicted molar refractivity (Wildman–Crippen MR) is 124 cm³/mol. The Morgan fingerprint density at radius 3 is 2.36 bits per heavy atom.